The summed E-state index contributed by atoms with van der Waals surface area (Å²) in [5, 5.41) is 19.8. The molecule has 7 nitrogen and oxygen atoms in total. The van der Waals surface area contributed by atoms with Crippen LogP contribution in [-0.2, 0) is 15.8 Å². The first-order chi connectivity index (χ1) is 14.7. The van der Waals surface area contributed by atoms with E-state index in [9.17, 15) is 41.8 Å². The molecule has 3 atom stereocenters. The Balaban J connectivity index is 2.08. The average molecular weight is 480 g/mol. The highest BCUT2D eigenvalue weighted by atomic mass is 35.5. The zero-order valence-electron chi connectivity index (χ0n) is 16.4. The van der Waals surface area contributed by atoms with Gasteiger partial charge >= 0.3 is 6.18 Å². The van der Waals surface area contributed by atoms with Crippen LogP contribution in [0.3, 0.4) is 0 Å². The van der Waals surface area contributed by atoms with Crippen LogP contribution >= 0.6 is 11.6 Å². The molecule has 1 aliphatic heterocycles. The predicted molar refractivity (Wildman–Crippen MR) is 102 cm³/mol. The molecule has 0 unspecified atom stereocenters. The maximum absolute atomic E-state index is 14.2. The average Bonchev–Trinajstić information content (AvgIpc) is 2.92. The van der Waals surface area contributed by atoms with Crippen LogP contribution in [0.15, 0.2) is 24.3 Å². The number of halogens is 6. The Labute approximate surface area is 182 Å². The third kappa shape index (κ3) is 4.12. The number of carbonyl (C=O) groups excluding carboxylic acids is 2. The normalized spacial score (nSPS) is 21.2. The summed E-state index contributed by atoms with van der Waals surface area (Å²) in [5.74, 6) is -5.44. The second-order valence-electron chi connectivity index (χ2n) is 7.06. The van der Waals surface area contributed by atoms with E-state index in [4.69, 9.17) is 11.6 Å². The molecule has 3 rings (SSSR count). The fraction of sp³-hybridized carbons (Fsp3) is 0.316. The molecule has 32 heavy (non-hydrogen) atoms. The van der Waals surface area contributed by atoms with Crippen LogP contribution in [0, 0.1) is 18.6 Å². The Morgan fingerprint density at radius 1 is 1.16 bits per heavy atom. The topological polar surface area (TPSA) is 94.0 Å². The Morgan fingerprint density at radius 3 is 2.38 bits per heavy atom. The molecule has 2 N–H and O–H groups in total. The summed E-state index contributed by atoms with van der Waals surface area (Å²) in [7, 11) is 1.01. The molecule has 2 heterocycles. The van der Waals surface area contributed by atoms with Gasteiger partial charge in [-0.2, -0.15) is 13.2 Å². The Hall–Kier alpha value is -2.83. The molecule has 0 spiro atoms. The number of aryl methyl sites for hydroxylation is 1. The number of rotatable bonds is 3. The lowest BCUT2D eigenvalue weighted by atomic mass is 10.1. The predicted octanol–water partition coefficient (Wildman–Crippen LogP) is 2.44. The van der Waals surface area contributed by atoms with E-state index in [1.807, 2.05) is 0 Å². The van der Waals surface area contributed by atoms with Crippen LogP contribution in [0.5, 0.6) is 0 Å². The molecule has 172 valence electrons. The van der Waals surface area contributed by atoms with Crippen molar-refractivity contribution in [1.82, 2.24) is 4.98 Å². The summed E-state index contributed by atoms with van der Waals surface area (Å²) in [6.07, 6.45) is -9.05. The maximum atomic E-state index is 14.2. The van der Waals surface area contributed by atoms with Crippen LogP contribution in [0.2, 0.25) is 5.02 Å². The Bertz CT molecular complexity index is 1100. The molecule has 0 radical (unpaired) electrons. The number of likely N-dealkylation sites (N-methyl/N-ethyl adjacent to an activating group) is 1. The molecule has 2 aromatic rings. The molecule has 0 saturated carbocycles. The molecule has 1 aromatic heterocycles. The van der Waals surface area contributed by atoms with Crippen LogP contribution in [-0.4, -0.2) is 52.3 Å². The van der Waals surface area contributed by atoms with Crippen LogP contribution in [0.4, 0.5) is 33.5 Å². The van der Waals surface area contributed by atoms with Crippen LogP contribution in [0.1, 0.15) is 11.3 Å². The standard InChI is InChI=1S/C19H15ClF5N3O4/c1-7-3-8(19(23,24)25)4-13(26-7)28-14(15(29)16(30)18(28)32)17(31)27(2)12-5-9(20)10(21)6-11(12)22/h3-6,14-16,29-30H,1-2H3/t14-,15-,16-/m0/s1. The van der Waals surface area contributed by atoms with E-state index in [1.165, 1.54) is 6.92 Å². The first-order valence-corrected chi connectivity index (χ1v) is 9.29. The number of alkyl halides is 3. The van der Waals surface area contributed by atoms with Gasteiger partial charge in [0.05, 0.1) is 16.3 Å². The summed E-state index contributed by atoms with van der Waals surface area (Å²) in [4.78, 5) is 30.4. The summed E-state index contributed by atoms with van der Waals surface area (Å²) in [6.45, 7) is 1.21. The van der Waals surface area contributed by atoms with Crippen LogP contribution in [0.25, 0.3) is 0 Å². The molecule has 1 fully saturated rings. The van der Waals surface area contributed by atoms with Crippen molar-refractivity contribution < 1.29 is 41.8 Å². The molecular weight excluding hydrogens is 465 g/mol. The minimum atomic E-state index is -4.81. The van der Waals surface area contributed by atoms with E-state index in [2.05, 4.69) is 4.98 Å². The quantitative estimate of drug-likeness (QED) is 0.521. The van der Waals surface area contributed by atoms with E-state index in [0.717, 1.165) is 13.1 Å². The van der Waals surface area contributed by atoms with Crippen molar-refractivity contribution in [3.05, 3.63) is 52.2 Å². The summed E-state index contributed by atoms with van der Waals surface area (Å²) < 4.78 is 67.3. The van der Waals surface area contributed by atoms with Crippen molar-refractivity contribution in [3.63, 3.8) is 0 Å². The number of hydrogen-bond acceptors (Lipinski definition) is 5. The van der Waals surface area contributed by atoms with Crippen molar-refractivity contribution in [2.45, 2.75) is 31.3 Å². The smallest absolute Gasteiger partial charge is 0.387 e. The zero-order chi connectivity index (χ0) is 24.1. The number of amides is 2. The van der Waals surface area contributed by atoms with Crippen LogP contribution < -0.4 is 9.80 Å². The molecular formula is C19H15ClF5N3O4. The van der Waals surface area contributed by atoms with Crippen molar-refractivity contribution in [3.8, 4) is 0 Å². The van der Waals surface area contributed by atoms with Gasteiger partial charge in [0.2, 0.25) is 0 Å². The van der Waals surface area contributed by atoms with E-state index in [-0.39, 0.29) is 5.69 Å². The molecule has 1 aliphatic rings. The van der Waals surface area contributed by atoms with Crippen molar-refractivity contribution in [2.24, 2.45) is 0 Å². The number of aliphatic hydroxyl groups excluding tert-OH is 2. The van der Waals surface area contributed by atoms with Crippen molar-refractivity contribution in [2.75, 3.05) is 16.8 Å². The minimum Gasteiger partial charge on any atom is -0.387 e. The largest absolute Gasteiger partial charge is 0.416 e. The van der Waals surface area contributed by atoms with E-state index >= 15 is 0 Å². The number of aromatic nitrogens is 1. The number of benzene rings is 1. The number of carbonyl (C=O) groups is 2. The summed E-state index contributed by atoms with van der Waals surface area (Å²) >= 11 is 5.62. The number of nitrogens with zero attached hydrogens (tertiary/aromatic N) is 3. The van der Waals surface area contributed by atoms with Gasteiger partial charge in [-0.25, -0.2) is 13.8 Å². The first-order valence-electron chi connectivity index (χ1n) is 8.91. The fourth-order valence-electron chi connectivity index (χ4n) is 3.29. The molecule has 1 aromatic carbocycles. The summed E-state index contributed by atoms with van der Waals surface area (Å²) in [5.41, 5.74) is -1.87. The number of anilines is 2. The monoisotopic (exact) mass is 479 g/mol. The lowest BCUT2D eigenvalue weighted by Gasteiger charge is -2.29. The van der Waals surface area contributed by atoms with Gasteiger partial charge in [0.1, 0.15) is 29.6 Å². The zero-order valence-corrected chi connectivity index (χ0v) is 17.1. The van der Waals surface area contributed by atoms with Gasteiger partial charge in [0.25, 0.3) is 11.8 Å². The van der Waals surface area contributed by atoms with Gasteiger partial charge in [-0.3, -0.25) is 14.5 Å². The SMILES string of the molecule is Cc1cc(C(F)(F)F)cc(N2C(=O)[C@@H](O)[C@@H](O)[C@H]2C(=O)N(C)c2cc(Cl)c(F)cc2F)n1. The number of aliphatic hydroxyl groups is 2. The fourth-order valence-corrected chi connectivity index (χ4v) is 3.45. The number of pyridine rings is 1. The highest BCUT2D eigenvalue weighted by Gasteiger charge is 2.53. The molecule has 13 heteroatoms. The molecule has 0 aliphatic carbocycles. The Kier molecular flexibility index (Phi) is 6.15. The molecule has 2 amide bonds. The lowest BCUT2D eigenvalue weighted by molar-refractivity contribution is -0.137. The van der Waals surface area contributed by atoms with Gasteiger partial charge in [-0.05, 0) is 25.1 Å². The van der Waals surface area contributed by atoms with Gasteiger partial charge < -0.3 is 15.1 Å². The molecule has 0 bridgehead atoms. The third-order valence-electron chi connectivity index (χ3n) is 4.86. The van der Waals surface area contributed by atoms with Gasteiger partial charge in [-0.1, -0.05) is 11.6 Å². The van der Waals surface area contributed by atoms with E-state index in [1.54, 1.807) is 0 Å². The second kappa shape index (κ2) is 8.26. The highest BCUT2D eigenvalue weighted by Crippen LogP contribution is 2.35. The number of hydrogen-bond donors (Lipinski definition) is 2. The van der Waals surface area contributed by atoms with Gasteiger partial charge in [-0.15, -0.1) is 0 Å². The van der Waals surface area contributed by atoms with Crippen molar-refractivity contribution in [1.29, 1.82) is 0 Å². The van der Waals surface area contributed by atoms with Gasteiger partial charge in [0, 0.05) is 18.8 Å². The first kappa shape index (κ1) is 23.8. The minimum absolute atomic E-state index is 0.158. The maximum Gasteiger partial charge on any atom is 0.416 e. The second-order valence-corrected chi connectivity index (χ2v) is 7.46. The highest BCUT2D eigenvalue weighted by molar-refractivity contribution is 6.31. The van der Waals surface area contributed by atoms with Gasteiger partial charge in [0.15, 0.2) is 6.10 Å². The van der Waals surface area contributed by atoms with Crippen molar-refractivity contribution >= 4 is 34.9 Å². The lowest BCUT2D eigenvalue weighted by Crippen LogP contribution is -2.50. The molecule has 1 saturated heterocycles. The van der Waals surface area contributed by atoms with E-state index in [0.29, 0.717) is 28.0 Å². The summed E-state index contributed by atoms with van der Waals surface area (Å²) in [6, 6.07) is 0.408. The Morgan fingerprint density at radius 2 is 1.78 bits per heavy atom. The third-order valence-corrected chi connectivity index (χ3v) is 5.15. The van der Waals surface area contributed by atoms with E-state index < -0.39 is 70.0 Å².